The molecule has 0 heterocycles. The van der Waals surface area contributed by atoms with Gasteiger partial charge < -0.3 is 0 Å². The minimum Gasteiger partial charge on any atom is -0.193 e. The summed E-state index contributed by atoms with van der Waals surface area (Å²) in [4.78, 5) is 0. The first-order chi connectivity index (χ1) is 4.27. The van der Waals surface area contributed by atoms with Crippen molar-refractivity contribution in [3.05, 3.63) is 12.2 Å². The summed E-state index contributed by atoms with van der Waals surface area (Å²) in [5.74, 6) is 0.744. The summed E-state index contributed by atoms with van der Waals surface area (Å²) in [6.45, 7) is 4.36. The molecule has 0 aromatic carbocycles. The third kappa shape index (κ3) is 7.23. The Kier molecular flexibility index (Phi) is 4.91. The van der Waals surface area contributed by atoms with E-state index in [-0.39, 0.29) is 0 Å². The molecule has 0 N–H and O–H groups in total. The van der Waals surface area contributed by atoms with Crippen LogP contribution < -0.4 is 0 Å². The first kappa shape index (κ1) is 8.23. The maximum Gasteiger partial charge on any atom is 0.0908 e. The first-order valence-corrected chi connectivity index (χ1v) is 3.32. The van der Waals surface area contributed by atoms with Crippen LogP contribution in [0.15, 0.2) is 12.2 Å². The van der Waals surface area contributed by atoms with Gasteiger partial charge in [0.05, 0.1) is 6.07 Å². The lowest BCUT2D eigenvalue weighted by molar-refractivity contribution is 0.594. The Morgan fingerprint density at radius 1 is 1.56 bits per heavy atom. The summed E-state index contributed by atoms with van der Waals surface area (Å²) < 4.78 is 0. The molecule has 50 valence electrons. The van der Waals surface area contributed by atoms with Gasteiger partial charge in [-0.1, -0.05) is 19.9 Å². The molecule has 0 bridgehead atoms. The van der Waals surface area contributed by atoms with E-state index in [9.17, 15) is 0 Å². The van der Waals surface area contributed by atoms with Crippen molar-refractivity contribution >= 4 is 0 Å². The molecule has 0 aromatic heterocycles. The fraction of sp³-hybridized carbons (Fsp3) is 0.625. The minimum absolute atomic E-state index is 0.744. The average molecular weight is 123 g/mol. The van der Waals surface area contributed by atoms with Crippen LogP contribution in [-0.4, -0.2) is 0 Å². The average Bonchev–Trinajstić information content (AvgIpc) is 1.80. The Hall–Kier alpha value is -0.770. The molecular weight excluding hydrogens is 110 g/mol. The van der Waals surface area contributed by atoms with E-state index in [1.165, 1.54) is 6.42 Å². The molecule has 0 amide bonds. The van der Waals surface area contributed by atoms with E-state index in [1.54, 1.807) is 6.08 Å². The Morgan fingerprint density at radius 2 is 2.22 bits per heavy atom. The second-order valence-corrected chi connectivity index (χ2v) is 2.50. The van der Waals surface area contributed by atoms with Gasteiger partial charge in [-0.2, -0.15) is 5.26 Å². The van der Waals surface area contributed by atoms with Crippen molar-refractivity contribution in [1.82, 2.24) is 0 Å². The molecular formula is C8H13N. The lowest BCUT2D eigenvalue weighted by Gasteiger charge is -1.97. The van der Waals surface area contributed by atoms with E-state index in [2.05, 4.69) is 13.8 Å². The van der Waals surface area contributed by atoms with Crippen molar-refractivity contribution in [2.75, 3.05) is 0 Å². The zero-order valence-corrected chi connectivity index (χ0v) is 6.09. The molecule has 0 unspecified atom stereocenters. The molecule has 0 aromatic rings. The van der Waals surface area contributed by atoms with E-state index in [1.807, 2.05) is 12.1 Å². The van der Waals surface area contributed by atoms with Gasteiger partial charge in [0.2, 0.25) is 0 Å². The maximum absolute atomic E-state index is 8.09. The number of hydrogen-bond donors (Lipinski definition) is 0. The molecule has 0 fully saturated rings. The Labute approximate surface area is 57.0 Å². The van der Waals surface area contributed by atoms with Crippen molar-refractivity contribution in [3.8, 4) is 6.07 Å². The zero-order valence-electron chi connectivity index (χ0n) is 6.09. The van der Waals surface area contributed by atoms with Crippen molar-refractivity contribution in [1.29, 1.82) is 5.26 Å². The number of allylic oxidation sites excluding steroid dienone is 2. The van der Waals surface area contributed by atoms with Gasteiger partial charge in [-0.15, -0.1) is 0 Å². The number of rotatable bonds is 3. The van der Waals surface area contributed by atoms with Crippen molar-refractivity contribution in [2.24, 2.45) is 5.92 Å². The van der Waals surface area contributed by atoms with Crippen molar-refractivity contribution in [2.45, 2.75) is 26.7 Å². The molecule has 0 aliphatic carbocycles. The monoisotopic (exact) mass is 123 g/mol. The van der Waals surface area contributed by atoms with E-state index in [0.29, 0.717) is 0 Å². The molecule has 0 spiro atoms. The Balaban J connectivity index is 3.12. The van der Waals surface area contributed by atoms with Crippen LogP contribution in [0.3, 0.4) is 0 Å². The van der Waals surface area contributed by atoms with Gasteiger partial charge in [0, 0.05) is 6.08 Å². The summed E-state index contributed by atoms with van der Waals surface area (Å²) >= 11 is 0. The van der Waals surface area contributed by atoms with Crippen LogP contribution in [0.5, 0.6) is 0 Å². The van der Waals surface area contributed by atoms with Crippen LogP contribution in [0.4, 0.5) is 0 Å². The highest BCUT2D eigenvalue weighted by atomic mass is 14.2. The molecule has 1 heteroatoms. The van der Waals surface area contributed by atoms with Gasteiger partial charge in [0.1, 0.15) is 0 Å². The van der Waals surface area contributed by atoms with E-state index >= 15 is 0 Å². The van der Waals surface area contributed by atoms with E-state index < -0.39 is 0 Å². The summed E-state index contributed by atoms with van der Waals surface area (Å²) in [5, 5.41) is 8.09. The predicted molar refractivity (Wildman–Crippen MR) is 38.8 cm³/mol. The quantitative estimate of drug-likeness (QED) is 0.529. The number of nitriles is 1. The topological polar surface area (TPSA) is 23.8 Å². The lowest BCUT2D eigenvalue weighted by atomic mass is 10.1. The summed E-state index contributed by atoms with van der Waals surface area (Å²) in [6.07, 6.45) is 5.67. The number of hydrogen-bond acceptors (Lipinski definition) is 1. The lowest BCUT2D eigenvalue weighted by Crippen LogP contribution is -1.83. The second kappa shape index (κ2) is 5.37. The van der Waals surface area contributed by atoms with Crippen LogP contribution in [0.25, 0.3) is 0 Å². The van der Waals surface area contributed by atoms with Crippen molar-refractivity contribution < 1.29 is 0 Å². The van der Waals surface area contributed by atoms with Gasteiger partial charge in [-0.3, -0.25) is 0 Å². The van der Waals surface area contributed by atoms with Crippen LogP contribution in [0.1, 0.15) is 26.7 Å². The summed E-state index contributed by atoms with van der Waals surface area (Å²) in [7, 11) is 0. The van der Waals surface area contributed by atoms with Crippen molar-refractivity contribution in [3.63, 3.8) is 0 Å². The van der Waals surface area contributed by atoms with Gasteiger partial charge >= 0.3 is 0 Å². The smallest absolute Gasteiger partial charge is 0.0908 e. The Morgan fingerprint density at radius 3 is 2.67 bits per heavy atom. The standard InChI is InChI=1S/C8H13N/c1-8(2)6-4-3-5-7-9/h3,5,8H,4,6H2,1-2H3/b5-3+. The second-order valence-electron chi connectivity index (χ2n) is 2.50. The molecule has 0 rings (SSSR count). The molecule has 9 heavy (non-hydrogen) atoms. The maximum atomic E-state index is 8.09. The van der Waals surface area contributed by atoms with Crippen LogP contribution in [0, 0.1) is 17.2 Å². The highest BCUT2D eigenvalue weighted by Crippen LogP contribution is 2.02. The minimum atomic E-state index is 0.744. The zero-order chi connectivity index (χ0) is 7.11. The van der Waals surface area contributed by atoms with Gasteiger partial charge in [-0.25, -0.2) is 0 Å². The fourth-order valence-electron chi connectivity index (χ4n) is 0.566. The molecule has 0 aliphatic heterocycles. The van der Waals surface area contributed by atoms with E-state index in [0.717, 1.165) is 12.3 Å². The molecule has 0 atom stereocenters. The fourth-order valence-corrected chi connectivity index (χ4v) is 0.566. The third-order valence-electron chi connectivity index (χ3n) is 1.10. The van der Waals surface area contributed by atoms with Gasteiger partial charge in [-0.05, 0) is 18.8 Å². The van der Waals surface area contributed by atoms with Gasteiger partial charge in [0.25, 0.3) is 0 Å². The summed E-state index contributed by atoms with van der Waals surface area (Å²) in [5.41, 5.74) is 0. The molecule has 0 saturated carbocycles. The first-order valence-electron chi connectivity index (χ1n) is 3.32. The summed E-state index contributed by atoms with van der Waals surface area (Å²) in [6, 6.07) is 1.96. The normalized spacial score (nSPS) is 10.4. The predicted octanol–water partition coefficient (Wildman–Crippen LogP) is 2.50. The molecule has 1 nitrogen and oxygen atoms in total. The number of nitrogens with zero attached hydrogens (tertiary/aromatic N) is 1. The highest BCUT2D eigenvalue weighted by Gasteiger charge is 1.88. The largest absolute Gasteiger partial charge is 0.193 e. The van der Waals surface area contributed by atoms with Gasteiger partial charge in [0.15, 0.2) is 0 Å². The van der Waals surface area contributed by atoms with Crippen LogP contribution in [-0.2, 0) is 0 Å². The molecule has 0 radical (unpaired) electrons. The third-order valence-corrected chi connectivity index (χ3v) is 1.10. The van der Waals surface area contributed by atoms with Crippen LogP contribution >= 0.6 is 0 Å². The SMILES string of the molecule is CC(C)CC/C=C/C#N. The Bertz CT molecular complexity index is 117. The molecule has 0 aliphatic rings. The van der Waals surface area contributed by atoms with Crippen LogP contribution in [0.2, 0.25) is 0 Å². The molecule has 0 saturated heterocycles. The highest BCUT2D eigenvalue weighted by molar-refractivity contribution is 5.01. The van der Waals surface area contributed by atoms with E-state index in [4.69, 9.17) is 5.26 Å².